The van der Waals surface area contributed by atoms with E-state index in [2.05, 4.69) is 51.4 Å². The standard InChI is InChI=1S/C27H29ClF3N7/c1-15-17(5-6-22(29)35-15)18(21-12-38(37-36-21)27(7-8-27)25(30)31)9-16-10-19-23(20(28)11-16)33-14-34-24(19)32-13-26(2,3)4/h5-6,10-12,14,18,25H,7-9,13H2,1-4H3,(H,32,33,34)/t18-/m0/s1. The SMILES string of the molecule is Cc1nc(F)ccc1[C@H](Cc1cc(Cl)c2ncnc(NCC(C)(C)C)c2c1)c1cn(C2(C(F)F)CC2)nn1. The Hall–Kier alpha value is -3.27. The summed E-state index contributed by atoms with van der Waals surface area (Å²) in [6.45, 7) is 8.78. The monoisotopic (exact) mass is 543 g/mol. The first-order chi connectivity index (χ1) is 18.0. The van der Waals surface area contributed by atoms with Crippen molar-refractivity contribution in [2.75, 3.05) is 11.9 Å². The predicted octanol–water partition coefficient (Wildman–Crippen LogP) is 6.30. The van der Waals surface area contributed by atoms with Crippen molar-refractivity contribution in [2.24, 2.45) is 5.41 Å². The van der Waals surface area contributed by atoms with Gasteiger partial charge < -0.3 is 5.32 Å². The summed E-state index contributed by atoms with van der Waals surface area (Å²) in [5.74, 6) is -0.346. The third-order valence-corrected chi connectivity index (χ3v) is 7.23. The molecule has 200 valence electrons. The van der Waals surface area contributed by atoms with E-state index in [1.807, 2.05) is 12.1 Å². The number of alkyl halides is 2. The maximum absolute atomic E-state index is 13.9. The molecule has 1 aliphatic rings. The lowest BCUT2D eigenvalue weighted by Gasteiger charge is -2.20. The molecule has 0 saturated heterocycles. The summed E-state index contributed by atoms with van der Waals surface area (Å²) in [6.07, 6.45) is 1.61. The van der Waals surface area contributed by atoms with Crippen LogP contribution >= 0.6 is 11.6 Å². The zero-order chi connectivity index (χ0) is 27.2. The third kappa shape index (κ3) is 5.18. The zero-order valence-electron chi connectivity index (χ0n) is 21.6. The van der Waals surface area contributed by atoms with Crippen LogP contribution in [-0.2, 0) is 12.0 Å². The van der Waals surface area contributed by atoms with Crippen molar-refractivity contribution in [1.82, 2.24) is 29.9 Å². The van der Waals surface area contributed by atoms with Crippen molar-refractivity contribution in [2.45, 2.75) is 64.8 Å². The summed E-state index contributed by atoms with van der Waals surface area (Å²) in [4.78, 5) is 12.8. The normalized spacial score (nSPS) is 15.7. The summed E-state index contributed by atoms with van der Waals surface area (Å²) in [7, 11) is 0. The van der Waals surface area contributed by atoms with Crippen LogP contribution in [0.5, 0.6) is 0 Å². The molecule has 3 heterocycles. The number of fused-ring (bicyclic) bond motifs is 1. The second kappa shape index (κ2) is 9.80. The zero-order valence-corrected chi connectivity index (χ0v) is 22.4. The maximum atomic E-state index is 13.9. The molecule has 4 aromatic rings. The molecule has 1 aliphatic carbocycles. The Morgan fingerprint density at radius 3 is 2.58 bits per heavy atom. The number of rotatable bonds is 8. The van der Waals surface area contributed by atoms with Gasteiger partial charge in [0.15, 0.2) is 0 Å². The van der Waals surface area contributed by atoms with Gasteiger partial charge in [0.1, 0.15) is 17.7 Å². The number of nitrogens with zero attached hydrogens (tertiary/aromatic N) is 6. The van der Waals surface area contributed by atoms with E-state index in [1.165, 1.54) is 17.1 Å². The van der Waals surface area contributed by atoms with Crippen LogP contribution in [0.3, 0.4) is 0 Å². The second-order valence-corrected chi connectivity index (χ2v) is 11.6. The summed E-state index contributed by atoms with van der Waals surface area (Å²) in [6, 6.07) is 6.74. The van der Waals surface area contributed by atoms with E-state index in [9.17, 15) is 13.2 Å². The van der Waals surface area contributed by atoms with Crippen LogP contribution in [0.1, 0.15) is 62.0 Å². The molecule has 0 amide bonds. The molecule has 0 aliphatic heterocycles. The fourth-order valence-electron chi connectivity index (χ4n) is 4.64. The molecule has 1 atom stereocenters. The van der Waals surface area contributed by atoms with Crippen molar-refractivity contribution >= 4 is 28.3 Å². The van der Waals surface area contributed by atoms with Gasteiger partial charge in [0.05, 0.1) is 16.2 Å². The average Bonchev–Trinajstić information content (AvgIpc) is 3.52. The summed E-state index contributed by atoms with van der Waals surface area (Å²) in [5, 5.41) is 13.0. The van der Waals surface area contributed by atoms with E-state index in [1.54, 1.807) is 19.2 Å². The highest BCUT2D eigenvalue weighted by atomic mass is 35.5. The van der Waals surface area contributed by atoms with Crippen molar-refractivity contribution < 1.29 is 13.2 Å². The first kappa shape index (κ1) is 26.3. The average molecular weight is 544 g/mol. The molecule has 0 unspecified atom stereocenters. The minimum Gasteiger partial charge on any atom is -0.369 e. The number of pyridine rings is 1. The van der Waals surface area contributed by atoms with Crippen molar-refractivity contribution in [3.8, 4) is 0 Å². The van der Waals surface area contributed by atoms with Crippen LogP contribution in [0.25, 0.3) is 10.9 Å². The highest BCUT2D eigenvalue weighted by Gasteiger charge is 2.54. The van der Waals surface area contributed by atoms with Crippen LogP contribution in [0.15, 0.2) is 36.8 Å². The van der Waals surface area contributed by atoms with Gasteiger partial charge in [-0.25, -0.2) is 28.4 Å². The van der Waals surface area contributed by atoms with E-state index in [0.29, 0.717) is 53.6 Å². The number of aryl methyl sites for hydroxylation is 1. The lowest BCUT2D eigenvalue weighted by molar-refractivity contribution is 0.0593. The first-order valence-electron chi connectivity index (χ1n) is 12.5. The topological polar surface area (TPSA) is 81.4 Å². The number of anilines is 1. The Kier molecular flexibility index (Phi) is 6.79. The number of nitrogens with one attached hydrogen (secondary N) is 1. The number of aromatic nitrogens is 6. The Labute approximate surface area is 223 Å². The molecule has 7 nitrogen and oxygen atoms in total. The highest BCUT2D eigenvalue weighted by molar-refractivity contribution is 6.35. The molecular weight excluding hydrogens is 515 g/mol. The van der Waals surface area contributed by atoms with Gasteiger partial charge in [-0.15, -0.1) is 5.10 Å². The highest BCUT2D eigenvalue weighted by Crippen LogP contribution is 2.48. The van der Waals surface area contributed by atoms with Crippen LogP contribution in [0.4, 0.5) is 19.0 Å². The van der Waals surface area contributed by atoms with Crippen molar-refractivity contribution in [3.05, 3.63) is 70.3 Å². The number of halogens is 4. The first-order valence-corrected chi connectivity index (χ1v) is 12.9. The number of hydrogen-bond acceptors (Lipinski definition) is 6. The van der Waals surface area contributed by atoms with Crippen LogP contribution < -0.4 is 5.32 Å². The summed E-state index contributed by atoms with van der Waals surface area (Å²) in [5.41, 5.74) is 1.92. The molecular formula is C27H29ClF3N7. The van der Waals surface area contributed by atoms with E-state index in [-0.39, 0.29) is 5.41 Å². The van der Waals surface area contributed by atoms with E-state index >= 15 is 0 Å². The molecule has 5 rings (SSSR count). The molecule has 0 bridgehead atoms. The van der Waals surface area contributed by atoms with E-state index in [0.717, 1.165) is 16.5 Å². The maximum Gasteiger partial charge on any atom is 0.263 e. The number of benzene rings is 1. The van der Waals surface area contributed by atoms with Gasteiger partial charge in [-0.2, -0.15) is 4.39 Å². The van der Waals surface area contributed by atoms with Crippen molar-refractivity contribution in [1.29, 1.82) is 0 Å². The molecule has 11 heteroatoms. The Morgan fingerprint density at radius 1 is 1.16 bits per heavy atom. The molecule has 1 aromatic carbocycles. The van der Waals surface area contributed by atoms with Crippen molar-refractivity contribution in [3.63, 3.8) is 0 Å². The molecule has 1 N–H and O–H groups in total. The smallest absolute Gasteiger partial charge is 0.263 e. The minimum absolute atomic E-state index is 0.0276. The van der Waals surface area contributed by atoms with Gasteiger partial charge in [0.25, 0.3) is 6.43 Å². The van der Waals surface area contributed by atoms with Gasteiger partial charge in [-0.1, -0.05) is 43.7 Å². The molecule has 1 fully saturated rings. The summed E-state index contributed by atoms with van der Waals surface area (Å²) < 4.78 is 42.6. The quantitative estimate of drug-likeness (QED) is 0.262. The Bertz CT molecular complexity index is 1480. The molecule has 0 radical (unpaired) electrons. The minimum atomic E-state index is -2.54. The van der Waals surface area contributed by atoms with Gasteiger partial charge >= 0.3 is 0 Å². The fraction of sp³-hybridized carbons (Fsp3) is 0.444. The molecule has 1 saturated carbocycles. The third-order valence-electron chi connectivity index (χ3n) is 6.94. The molecule has 3 aromatic heterocycles. The van der Waals surface area contributed by atoms with Gasteiger partial charge in [0.2, 0.25) is 5.95 Å². The second-order valence-electron chi connectivity index (χ2n) is 11.2. The number of hydrogen-bond donors (Lipinski definition) is 1. The molecule has 38 heavy (non-hydrogen) atoms. The Balaban J connectivity index is 1.56. The predicted molar refractivity (Wildman–Crippen MR) is 140 cm³/mol. The molecule has 0 spiro atoms. The van der Waals surface area contributed by atoms with Crippen LogP contribution in [0.2, 0.25) is 5.02 Å². The Morgan fingerprint density at radius 2 is 1.92 bits per heavy atom. The van der Waals surface area contributed by atoms with E-state index < -0.39 is 23.8 Å². The van der Waals surface area contributed by atoms with Gasteiger partial charge in [-0.05, 0) is 60.9 Å². The van der Waals surface area contributed by atoms with Gasteiger partial charge in [-0.3, -0.25) is 0 Å². The lowest BCUT2D eigenvalue weighted by Crippen LogP contribution is -2.26. The lowest BCUT2D eigenvalue weighted by atomic mass is 9.88. The van der Waals surface area contributed by atoms with E-state index in [4.69, 9.17) is 11.6 Å². The largest absolute Gasteiger partial charge is 0.369 e. The van der Waals surface area contributed by atoms with Gasteiger partial charge in [0, 0.05) is 29.7 Å². The fourth-order valence-corrected chi connectivity index (χ4v) is 4.93. The van der Waals surface area contributed by atoms with Crippen LogP contribution in [0, 0.1) is 18.3 Å². The summed E-state index contributed by atoms with van der Waals surface area (Å²) >= 11 is 6.66. The van der Waals surface area contributed by atoms with Crippen LogP contribution in [-0.4, -0.2) is 42.9 Å².